The van der Waals surface area contributed by atoms with Gasteiger partial charge in [0, 0.05) is 4.88 Å². The number of nitriles is 1. The maximum Gasteiger partial charge on any atom is 0.190 e. The lowest BCUT2D eigenvalue weighted by Crippen LogP contribution is -2.13. The average Bonchev–Trinajstić information content (AvgIpc) is 2.51. The number of aryl methyl sites for hydroxylation is 1. The topological polar surface area (TPSA) is 57.9 Å². The third-order valence-corrected chi connectivity index (χ3v) is 5.29. The smallest absolute Gasteiger partial charge is 0.190 e. The molecule has 0 saturated heterocycles. The Labute approximate surface area is 91.9 Å². The van der Waals surface area contributed by atoms with Crippen LogP contribution in [0.4, 0.5) is 0 Å². The molecule has 1 atom stereocenters. The highest BCUT2D eigenvalue weighted by Gasteiger charge is 2.20. The van der Waals surface area contributed by atoms with E-state index < -0.39 is 15.2 Å². The number of thiophene rings is 1. The number of sulfone groups is 1. The second-order valence-corrected chi connectivity index (χ2v) is 6.82. The van der Waals surface area contributed by atoms with Crippen LogP contribution in [0.15, 0.2) is 16.3 Å². The third-order valence-electron chi connectivity index (χ3n) is 1.53. The molecule has 1 unspecified atom stereocenters. The van der Waals surface area contributed by atoms with Crippen LogP contribution in [0.1, 0.15) is 4.88 Å². The first-order chi connectivity index (χ1) is 6.45. The highest BCUT2D eigenvalue weighted by Crippen LogP contribution is 2.22. The Bertz CT molecular complexity index is 458. The third kappa shape index (κ3) is 2.71. The van der Waals surface area contributed by atoms with E-state index in [-0.39, 0.29) is 9.96 Å². The Morgan fingerprint density at radius 2 is 2.29 bits per heavy atom. The van der Waals surface area contributed by atoms with Crippen molar-refractivity contribution in [3.8, 4) is 6.07 Å². The van der Waals surface area contributed by atoms with Gasteiger partial charge in [-0.3, -0.25) is 0 Å². The highest BCUT2D eigenvalue weighted by molar-refractivity contribution is 7.93. The number of hydrogen-bond acceptors (Lipinski definition) is 4. The molecule has 1 rings (SSSR count). The van der Waals surface area contributed by atoms with Crippen LogP contribution in [0.2, 0.25) is 0 Å². The Morgan fingerprint density at radius 3 is 2.71 bits per heavy atom. The number of hydrogen-bond donors (Lipinski definition) is 0. The summed E-state index contributed by atoms with van der Waals surface area (Å²) in [4.78, 5) is 0.923. The molecular formula is C8H8ClNO2S2. The van der Waals surface area contributed by atoms with Gasteiger partial charge in [0.2, 0.25) is 0 Å². The van der Waals surface area contributed by atoms with Crippen molar-refractivity contribution < 1.29 is 8.42 Å². The molecule has 0 N–H and O–H groups in total. The van der Waals surface area contributed by atoms with Crippen molar-refractivity contribution in [1.29, 1.82) is 5.26 Å². The zero-order chi connectivity index (χ0) is 10.8. The van der Waals surface area contributed by atoms with Gasteiger partial charge in [-0.15, -0.1) is 22.9 Å². The standard InChI is InChI=1S/C8H8ClNO2S2/c1-6-2-3-8(13-6)14(11,12)5-7(9)4-10/h2-3,7H,5H2,1H3. The summed E-state index contributed by atoms with van der Waals surface area (Å²) >= 11 is 6.66. The minimum absolute atomic E-state index is 0.274. The molecule has 0 aliphatic heterocycles. The zero-order valence-corrected chi connectivity index (χ0v) is 9.79. The fourth-order valence-corrected chi connectivity index (χ4v) is 3.98. The largest absolute Gasteiger partial charge is 0.223 e. The van der Waals surface area contributed by atoms with Crippen LogP contribution in [0, 0.1) is 18.3 Å². The van der Waals surface area contributed by atoms with Gasteiger partial charge in [-0.25, -0.2) is 8.42 Å². The molecule has 0 amide bonds. The fraction of sp³-hybridized carbons (Fsp3) is 0.375. The molecule has 1 heterocycles. The first kappa shape index (κ1) is 11.5. The number of halogens is 1. The van der Waals surface area contributed by atoms with Crippen LogP contribution in [0.25, 0.3) is 0 Å². The molecule has 0 fully saturated rings. The van der Waals surface area contributed by atoms with Crippen molar-refractivity contribution in [3.63, 3.8) is 0 Å². The van der Waals surface area contributed by atoms with E-state index in [4.69, 9.17) is 16.9 Å². The molecule has 0 saturated carbocycles. The van der Waals surface area contributed by atoms with E-state index in [9.17, 15) is 8.42 Å². The van der Waals surface area contributed by atoms with Crippen LogP contribution in [-0.4, -0.2) is 19.5 Å². The molecule has 0 aliphatic carbocycles. The van der Waals surface area contributed by atoms with Gasteiger partial charge in [-0.1, -0.05) is 0 Å². The zero-order valence-electron chi connectivity index (χ0n) is 7.40. The summed E-state index contributed by atoms with van der Waals surface area (Å²) in [7, 11) is -3.39. The van der Waals surface area contributed by atoms with Crippen LogP contribution < -0.4 is 0 Å². The lowest BCUT2D eigenvalue weighted by molar-refractivity contribution is 0.598. The summed E-state index contributed by atoms with van der Waals surface area (Å²) in [6, 6.07) is 4.96. The predicted molar refractivity (Wildman–Crippen MR) is 56.4 cm³/mol. The van der Waals surface area contributed by atoms with Crippen molar-refractivity contribution in [2.75, 3.05) is 5.75 Å². The normalized spacial score (nSPS) is 13.5. The van der Waals surface area contributed by atoms with E-state index in [0.717, 1.165) is 4.88 Å². The van der Waals surface area contributed by atoms with E-state index in [1.54, 1.807) is 12.1 Å². The summed E-state index contributed by atoms with van der Waals surface area (Å²) < 4.78 is 23.5. The minimum atomic E-state index is -3.39. The van der Waals surface area contributed by atoms with Crippen molar-refractivity contribution in [2.24, 2.45) is 0 Å². The lowest BCUT2D eigenvalue weighted by atomic mass is 10.5. The van der Waals surface area contributed by atoms with Gasteiger partial charge in [0.15, 0.2) is 9.84 Å². The first-order valence-electron chi connectivity index (χ1n) is 3.78. The SMILES string of the molecule is Cc1ccc(S(=O)(=O)CC(Cl)C#N)s1. The van der Waals surface area contributed by atoms with Gasteiger partial charge in [0.25, 0.3) is 0 Å². The van der Waals surface area contributed by atoms with Gasteiger partial charge in [0.1, 0.15) is 9.59 Å². The van der Waals surface area contributed by atoms with Crippen molar-refractivity contribution in [2.45, 2.75) is 16.5 Å². The van der Waals surface area contributed by atoms with Crippen molar-refractivity contribution in [3.05, 3.63) is 17.0 Å². The quantitative estimate of drug-likeness (QED) is 0.770. The maximum atomic E-state index is 11.6. The van der Waals surface area contributed by atoms with Crippen LogP contribution in [0.5, 0.6) is 0 Å². The second-order valence-electron chi connectivity index (χ2n) is 2.74. The molecule has 3 nitrogen and oxygen atoms in total. The molecule has 0 aromatic carbocycles. The number of rotatable bonds is 3. The lowest BCUT2D eigenvalue weighted by Gasteiger charge is -2.00. The number of alkyl halides is 1. The first-order valence-corrected chi connectivity index (χ1v) is 6.69. The molecular weight excluding hydrogens is 242 g/mol. The fourth-order valence-electron chi connectivity index (χ4n) is 0.891. The van der Waals surface area contributed by atoms with E-state index >= 15 is 0 Å². The van der Waals surface area contributed by atoms with Crippen LogP contribution >= 0.6 is 22.9 Å². The number of nitrogens with zero attached hydrogens (tertiary/aromatic N) is 1. The summed E-state index contributed by atoms with van der Waals surface area (Å²) in [6.07, 6.45) is 0. The van der Waals surface area contributed by atoms with Crippen molar-refractivity contribution in [1.82, 2.24) is 0 Å². The van der Waals surface area contributed by atoms with Gasteiger partial charge in [0.05, 0.1) is 11.8 Å². The predicted octanol–water partition coefficient (Wildman–Crippen LogP) is 1.96. The van der Waals surface area contributed by atoms with E-state index in [1.165, 1.54) is 17.4 Å². The van der Waals surface area contributed by atoms with Crippen LogP contribution in [-0.2, 0) is 9.84 Å². The monoisotopic (exact) mass is 249 g/mol. The molecule has 1 aromatic heterocycles. The molecule has 1 aromatic rings. The van der Waals surface area contributed by atoms with Gasteiger partial charge in [-0.05, 0) is 19.1 Å². The van der Waals surface area contributed by atoms with Crippen molar-refractivity contribution >= 4 is 32.8 Å². The van der Waals surface area contributed by atoms with E-state index in [2.05, 4.69) is 0 Å². The molecule has 0 aliphatic rings. The van der Waals surface area contributed by atoms with Gasteiger partial charge >= 0.3 is 0 Å². The summed E-state index contributed by atoms with van der Waals surface area (Å²) in [6.45, 7) is 1.83. The molecule has 14 heavy (non-hydrogen) atoms. The van der Waals surface area contributed by atoms with Gasteiger partial charge in [-0.2, -0.15) is 5.26 Å². The average molecular weight is 250 g/mol. The summed E-state index contributed by atoms with van der Waals surface area (Å²) in [5, 5.41) is 7.42. The van der Waals surface area contributed by atoms with E-state index in [1.807, 2.05) is 6.92 Å². The van der Waals surface area contributed by atoms with Crippen LogP contribution in [0.3, 0.4) is 0 Å². The van der Waals surface area contributed by atoms with E-state index in [0.29, 0.717) is 0 Å². The molecule has 0 spiro atoms. The minimum Gasteiger partial charge on any atom is -0.223 e. The summed E-state index contributed by atoms with van der Waals surface area (Å²) in [5.74, 6) is -0.328. The molecule has 6 heteroatoms. The Kier molecular flexibility index (Phi) is 3.53. The molecule has 76 valence electrons. The Balaban J connectivity index is 2.93. The molecule has 0 bridgehead atoms. The maximum absolute atomic E-state index is 11.6. The highest BCUT2D eigenvalue weighted by atomic mass is 35.5. The Morgan fingerprint density at radius 1 is 1.64 bits per heavy atom. The van der Waals surface area contributed by atoms with Gasteiger partial charge < -0.3 is 0 Å². The Hall–Kier alpha value is -0.570. The second kappa shape index (κ2) is 4.30. The summed E-state index contributed by atoms with van der Waals surface area (Å²) in [5.41, 5.74) is 0. The molecule has 0 radical (unpaired) electrons.